The molecule has 6 nitrogen and oxygen atoms in total. The number of amides is 2. The molecule has 0 saturated heterocycles. The SMILES string of the molecule is O=C(Cc1c[nH]c2ccccc12)Nc1ccc2c(c1)OCC(=O)N2Cc1ccc(F)cc1. The highest BCUT2D eigenvalue weighted by atomic mass is 19.1. The van der Waals surface area contributed by atoms with E-state index in [0.29, 0.717) is 23.7 Å². The third-order valence-electron chi connectivity index (χ3n) is 5.47. The summed E-state index contributed by atoms with van der Waals surface area (Å²) in [5.74, 6) is -0.144. The number of hydrogen-bond acceptors (Lipinski definition) is 3. The van der Waals surface area contributed by atoms with Crippen molar-refractivity contribution in [2.45, 2.75) is 13.0 Å². The number of aromatic nitrogens is 1. The normalized spacial score (nSPS) is 13.0. The van der Waals surface area contributed by atoms with Crippen LogP contribution in [0.15, 0.2) is 72.9 Å². The van der Waals surface area contributed by atoms with E-state index in [0.717, 1.165) is 22.0 Å². The molecule has 0 unspecified atom stereocenters. The van der Waals surface area contributed by atoms with Crippen molar-refractivity contribution in [1.29, 1.82) is 0 Å². The molecule has 0 bridgehead atoms. The van der Waals surface area contributed by atoms with Crippen LogP contribution in [-0.4, -0.2) is 23.4 Å². The van der Waals surface area contributed by atoms with Crippen molar-refractivity contribution >= 4 is 34.1 Å². The minimum atomic E-state index is -0.324. The van der Waals surface area contributed by atoms with Gasteiger partial charge >= 0.3 is 0 Å². The number of halogens is 1. The Balaban J connectivity index is 1.32. The van der Waals surface area contributed by atoms with Crippen LogP contribution < -0.4 is 15.0 Å². The van der Waals surface area contributed by atoms with Crippen LogP contribution in [-0.2, 0) is 22.6 Å². The summed E-state index contributed by atoms with van der Waals surface area (Å²) in [6.45, 7) is 0.211. The number of anilines is 2. The van der Waals surface area contributed by atoms with E-state index in [9.17, 15) is 14.0 Å². The molecule has 1 aromatic heterocycles. The maximum Gasteiger partial charge on any atom is 0.265 e. The van der Waals surface area contributed by atoms with Crippen molar-refractivity contribution in [1.82, 2.24) is 4.98 Å². The van der Waals surface area contributed by atoms with E-state index < -0.39 is 0 Å². The number of hydrogen-bond donors (Lipinski definition) is 2. The number of rotatable bonds is 5. The fourth-order valence-electron chi connectivity index (χ4n) is 3.88. The maximum absolute atomic E-state index is 13.2. The molecule has 2 N–H and O–H groups in total. The van der Waals surface area contributed by atoms with E-state index in [4.69, 9.17) is 4.74 Å². The number of carbonyl (C=O) groups excluding carboxylic acids is 2. The average Bonchev–Trinajstić information content (AvgIpc) is 3.20. The summed E-state index contributed by atoms with van der Waals surface area (Å²) in [4.78, 5) is 29.8. The third kappa shape index (κ3) is 3.92. The molecule has 1 aliphatic heterocycles. The first-order valence-corrected chi connectivity index (χ1v) is 10.2. The molecule has 0 saturated carbocycles. The zero-order valence-corrected chi connectivity index (χ0v) is 17.1. The van der Waals surface area contributed by atoms with Crippen molar-refractivity contribution < 1.29 is 18.7 Å². The second-order valence-corrected chi connectivity index (χ2v) is 7.66. The lowest BCUT2D eigenvalue weighted by molar-refractivity contribution is -0.121. The molecule has 0 spiro atoms. The van der Waals surface area contributed by atoms with E-state index in [-0.39, 0.29) is 30.7 Å². The number of para-hydroxylation sites is 1. The molecular formula is C25H20FN3O3. The van der Waals surface area contributed by atoms with Gasteiger partial charge in [0.05, 0.1) is 18.7 Å². The van der Waals surface area contributed by atoms with Crippen molar-refractivity contribution in [3.05, 3.63) is 89.9 Å². The Morgan fingerprint density at radius 2 is 1.91 bits per heavy atom. The van der Waals surface area contributed by atoms with Gasteiger partial charge in [-0.05, 0) is 41.5 Å². The van der Waals surface area contributed by atoms with Crippen molar-refractivity contribution in [3.63, 3.8) is 0 Å². The number of nitrogens with one attached hydrogen (secondary N) is 2. The van der Waals surface area contributed by atoms with Gasteiger partial charge in [0, 0.05) is 28.9 Å². The molecule has 0 fully saturated rings. The maximum atomic E-state index is 13.2. The van der Waals surface area contributed by atoms with Crippen LogP contribution in [0.2, 0.25) is 0 Å². The Kier molecular flexibility index (Phi) is 5.07. The van der Waals surface area contributed by atoms with Crippen LogP contribution in [0.3, 0.4) is 0 Å². The van der Waals surface area contributed by atoms with E-state index in [1.54, 1.807) is 35.2 Å². The molecule has 2 heterocycles. The molecule has 7 heteroatoms. The summed E-state index contributed by atoms with van der Waals surface area (Å²) in [6, 6.07) is 19.1. The van der Waals surface area contributed by atoms with Gasteiger partial charge in [-0.25, -0.2) is 4.39 Å². The number of H-pyrrole nitrogens is 1. The Bertz CT molecular complexity index is 1310. The zero-order chi connectivity index (χ0) is 22.1. The fourth-order valence-corrected chi connectivity index (χ4v) is 3.88. The van der Waals surface area contributed by atoms with Gasteiger partial charge in [-0.2, -0.15) is 0 Å². The lowest BCUT2D eigenvalue weighted by atomic mass is 10.1. The lowest BCUT2D eigenvalue weighted by Crippen LogP contribution is -2.38. The van der Waals surface area contributed by atoms with Crippen LogP contribution in [0.5, 0.6) is 5.75 Å². The first kappa shape index (κ1) is 19.8. The molecule has 4 aromatic rings. The summed E-state index contributed by atoms with van der Waals surface area (Å²) in [6.07, 6.45) is 2.08. The minimum Gasteiger partial charge on any atom is -0.481 e. The Labute approximate surface area is 183 Å². The Morgan fingerprint density at radius 3 is 2.75 bits per heavy atom. The monoisotopic (exact) mass is 429 g/mol. The van der Waals surface area contributed by atoms with Gasteiger partial charge in [-0.3, -0.25) is 9.59 Å². The van der Waals surface area contributed by atoms with Gasteiger partial charge < -0.3 is 19.9 Å². The smallest absolute Gasteiger partial charge is 0.265 e. The first-order valence-electron chi connectivity index (χ1n) is 10.2. The van der Waals surface area contributed by atoms with Gasteiger partial charge in [0.15, 0.2) is 6.61 Å². The number of nitrogens with zero attached hydrogens (tertiary/aromatic N) is 1. The summed E-state index contributed by atoms with van der Waals surface area (Å²) in [5, 5.41) is 3.92. The van der Waals surface area contributed by atoms with Crippen molar-refractivity contribution in [3.8, 4) is 5.75 Å². The standard InChI is InChI=1S/C25H20FN3O3/c26-18-7-5-16(6-8-18)14-29-22-10-9-19(12-23(22)32-15-25(29)31)28-24(30)11-17-13-27-21-4-2-1-3-20(17)21/h1-10,12-13,27H,11,14-15H2,(H,28,30). The van der Waals surface area contributed by atoms with Crippen LogP contribution in [0.25, 0.3) is 10.9 Å². The van der Waals surface area contributed by atoms with Crippen LogP contribution in [0, 0.1) is 5.82 Å². The molecule has 2 amide bonds. The molecular weight excluding hydrogens is 409 g/mol. The highest BCUT2D eigenvalue weighted by molar-refractivity contribution is 5.99. The predicted molar refractivity (Wildman–Crippen MR) is 120 cm³/mol. The first-order chi connectivity index (χ1) is 15.6. The summed E-state index contributed by atoms with van der Waals surface area (Å²) < 4.78 is 18.8. The third-order valence-corrected chi connectivity index (χ3v) is 5.47. The number of aromatic amines is 1. The van der Waals surface area contributed by atoms with Crippen molar-refractivity contribution in [2.75, 3.05) is 16.8 Å². The largest absolute Gasteiger partial charge is 0.481 e. The Hall–Kier alpha value is -4.13. The lowest BCUT2D eigenvalue weighted by Gasteiger charge is -2.29. The molecule has 32 heavy (non-hydrogen) atoms. The average molecular weight is 429 g/mol. The number of benzene rings is 3. The predicted octanol–water partition coefficient (Wildman–Crippen LogP) is 4.41. The summed E-state index contributed by atoms with van der Waals surface area (Å²) >= 11 is 0. The van der Waals surface area contributed by atoms with Crippen molar-refractivity contribution in [2.24, 2.45) is 0 Å². The number of carbonyl (C=O) groups is 2. The molecule has 0 aliphatic carbocycles. The van der Waals surface area contributed by atoms with E-state index in [1.165, 1.54) is 12.1 Å². The van der Waals surface area contributed by atoms with Crippen LogP contribution in [0.1, 0.15) is 11.1 Å². The fraction of sp³-hybridized carbons (Fsp3) is 0.120. The second kappa shape index (κ2) is 8.19. The van der Waals surface area contributed by atoms with Gasteiger partial charge in [0.2, 0.25) is 5.91 Å². The number of ether oxygens (including phenoxy) is 1. The topological polar surface area (TPSA) is 74.4 Å². The zero-order valence-electron chi connectivity index (χ0n) is 17.1. The molecule has 3 aromatic carbocycles. The molecule has 0 radical (unpaired) electrons. The highest BCUT2D eigenvalue weighted by Gasteiger charge is 2.26. The quantitative estimate of drug-likeness (QED) is 0.493. The second-order valence-electron chi connectivity index (χ2n) is 7.66. The molecule has 160 valence electrons. The van der Waals surface area contributed by atoms with E-state index in [1.807, 2.05) is 30.5 Å². The summed E-state index contributed by atoms with van der Waals surface area (Å²) in [5.41, 5.74) is 3.92. The van der Waals surface area contributed by atoms with Gasteiger partial charge in [0.25, 0.3) is 5.91 Å². The van der Waals surface area contributed by atoms with Crippen LogP contribution >= 0.6 is 0 Å². The highest BCUT2D eigenvalue weighted by Crippen LogP contribution is 2.35. The van der Waals surface area contributed by atoms with Gasteiger partial charge in [0.1, 0.15) is 11.6 Å². The van der Waals surface area contributed by atoms with Gasteiger partial charge in [-0.1, -0.05) is 30.3 Å². The molecule has 5 rings (SSSR count). The number of fused-ring (bicyclic) bond motifs is 2. The Morgan fingerprint density at radius 1 is 1.09 bits per heavy atom. The summed E-state index contributed by atoms with van der Waals surface area (Å²) in [7, 11) is 0. The molecule has 0 atom stereocenters. The minimum absolute atomic E-state index is 0.0963. The van der Waals surface area contributed by atoms with E-state index in [2.05, 4.69) is 10.3 Å². The van der Waals surface area contributed by atoms with E-state index >= 15 is 0 Å². The van der Waals surface area contributed by atoms with Gasteiger partial charge in [-0.15, -0.1) is 0 Å². The molecule has 1 aliphatic rings. The van der Waals surface area contributed by atoms with Crippen LogP contribution in [0.4, 0.5) is 15.8 Å².